The second kappa shape index (κ2) is 7.57. The molecule has 0 unspecified atom stereocenters. The Morgan fingerprint density at radius 3 is 2.75 bits per heavy atom. The van der Waals surface area contributed by atoms with E-state index in [2.05, 4.69) is 17.1 Å². The van der Waals surface area contributed by atoms with E-state index >= 15 is 0 Å². The quantitative estimate of drug-likeness (QED) is 0.725. The Balaban J connectivity index is 1.42. The lowest BCUT2D eigenvalue weighted by molar-refractivity contribution is 0.0271. The molecule has 0 bridgehead atoms. The van der Waals surface area contributed by atoms with E-state index in [9.17, 15) is 0 Å². The number of hydrogen-bond donors (Lipinski definition) is 1. The van der Waals surface area contributed by atoms with Crippen LogP contribution in [0.3, 0.4) is 0 Å². The summed E-state index contributed by atoms with van der Waals surface area (Å²) in [7, 11) is 0. The lowest BCUT2D eigenvalue weighted by Crippen LogP contribution is -2.30. The smallest absolute Gasteiger partial charge is 0.0575 e. The molecule has 2 nitrogen and oxygen atoms in total. The number of hydrogen-bond acceptors (Lipinski definition) is 3. The minimum Gasteiger partial charge on any atom is -0.378 e. The molecule has 1 heterocycles. The third-order valence-corrected chi connectivity index (χ3v) is 4.75. The summed E-state index contributed by atoms with van der Waals surface area (Å²) in [5.74, 6) is 2.65. The molecule has 0 spiro atoms. The maximum Gasteiger partial charge on any atom is 0.0575 e. The highest BCUT2D eigenvalue weighted by atomic mass is 32.2. The van der Waals surface area contributed by atoms with Crippen LogP contribution in [0, 0.1) is 0 Å². The van der Waals surface area contributed by atoms with Crippen molar-refractivity contribution in [2.45, 2.75) is 57.1 Å². The molecule has 1 aliphatic carbocycles. The van der Waals surface area contributed by atoms with Crippen molar-refractivity contribution in [2.75, 3.05) is 24.7 Å². The first-order valence-electron chi connectivity index (χ1n) is 6.88. The molecule has 1 saturated heterocycles. The standard InChI is InChI=1S/C13H25NOS/c1-2-5-13(6-3-1)15-9-4-8-14-12-7-10-16-11-12/h12-14H,1-11H2/t12-/m1/s1. The van der Waals surface area contributed by atoms with E-state index in [0.29, 0.717) is 6.10 Å². The van der Waals surface area contributed by atoms with Gasteiger partial charge < -0.3 is 10.1 Å². The SMILES string of the molecule is C1CCC(OCCCN[C@@H]2CCSC2)CC1. The highest BCUT2D eigenvalue weighted by Crippen LogP contribution is 2.20. The Kier molecular flexibility index (Phi) is 6.02. The van der Waals surface area contributed by atoms with E-state index in [4.69, 9.17) is 4.74 Å². The van der Waals surface area contributed by atoms with Gasteiger partial charge in [0.25, 0.3) is 0 Å². The zero-order chi connectivity index (χ0) is 11.1. The van der Waals surface area contributed by atoms with Gasteiger partial charge in [0.2, 0.25) is 0 Å². The molecule has 0 aromatic rings. The minimum atomic E-state index is 0.579. The van der Waals surface area contributed by atoms with Gasteiger partial charge in [-0.2, -0.15) is 11.8 Å². The summed E-state index contributed by atoms with van der Waals surface area (Å²) in [6.07, 6.45) is 9.88. The predicted molar refractivity (Wildman–Crippen MR) is 71.2 cm³/mol. The van der Waals surface area contributed by atoms with Crippen molar-refractivity contribution in [3.63, 3.8) is 0 Å². The van der Waals surface area contributed by atoms with Gasteiger partial charge in [-0.05, 0) is 38.0 Å². The zero-order valence-electron chi connectivity index (χ0n) is 10.2. The van der Waals surface area contributed by atoms with E-state index in [-0.39, 0.29) is 0 Å². The molecule has 3 heteroatoms. The first-order valence-corrected chi connectivity index (χ1v) is 8.03. The number of nitrogens with one attached hydrogen (secondary N) is 1. The molecule has 0 aromatic carbocycles. The highest BCUT2D eigenvalue weighted by molar-refractivity contribution is 7.99. The minimum absolute atomic E-state index is 0.579. The monoisotopic (exact) mass is 243 g/mol. The molecule has 2 rings (SSSR count). The molecule has 94 valence electrons. The maximum atomic E-state index is 5.90. The molecule has 1 N–H and O–H groups in total. The zero-order valence-corrected chi connectivity index (χ0v) is 11.1. The first-order chi connectivity index (χ1) is 7.95. The molecule has 0 amide bonds. The van der Waals surface area contributed by atoms with Gasteiger partial charge in [-0.15, -0.1) is 0 Å². The molecule has 1 atom stereocenters. The van der Waals surface area contributed by atoms with Crippen LogP contribution < -0.4 is 5.32 Å². The molecular weight excluding hydrogens is 218 g/mol. The van der Waals surface area contributed by atoms with Gasteiger partial charge in [0.1, 0.15) is 0 Å². The van der Waals surface area contributed by atoms with E-state index in [0.717, 1.165) is 19.2 Å². The average molecular weight is 243 g/mol. The van der Waals surface area contributed by atoms with Crippen LogP contribution in [0.15, 0.2) is 0 Å². The fraction of sp³-hybridized carbons (Fsp3) is 1.00. The summed E-state index contributed by atoms with van der Waals surface area (Å²) in [6.45, 7) is 2.09. The van der Waals surface area contributed by atoms with Gasteiger partial charge in [-0.1, -0.05) is 19.3 Å². The van der Waals surface area contributed by atoms with Gasteiger partial charge in [-0.3, -0.25) is 0 Å². The fourth-order valence-electron chi connectivity index (χ4n) is 2.56. The van der Waals surface area contributed by atoms with Crippen molar-refractivity contribution in [3.05, 3.63) is 0 Å². The molecule has 1 aliphatic heterocycles. The maximum absolute atomic E-state index is 5.90. The largest absolute Gasteiger partial charge is 0.378 e. The van der Waals surface area contributed by atoms with Crippen molar-refractivity contribution in [1.29, 1.82) is 0 Å². The summed E-state index contributed by atoms with van der Waals surface area (Å²) >= 11 is 2.07. The van der Waals surface area contributed by atoms with Crippen molar-refractivity contribution >= 4 is 11.8 Å². The van der Waals surface area contributed by atoms with Crippen LogP contribution >= 0.6 is 11.8 Å². The lowest BCUT2D eigenvalue weighted by atomic mass is 9.98. The van der Waals surface area contributed by atoms with Crippen LogP contribution in [0.1, 0.15) is 44.9 Å². The van der Waals surface area contributed by atoms with Crippen LogP contribution in [-0.4, -0.2) is 36.8 Å². The summed E-state index contributed by atoms with van der Waals surface area (Å²) < 4.78 is 5.90. The molecule has 1 saturated carbocycles. The van der Waals surface area contributed by atoms with Crippen LogP contribution in [-0.2, 0) is 4.74 Å². The van der Waals surface area contributed by atoms with E-state index in [1.54, 1.807) is 0 Å². The van der Waals surface area contributed by atoms with Gasteiger partial charge in [0, 0.05) is 18.4 Å². The fourth-order valence-corrected chi connectivity index (χ4v) is 3.74. The molecule has 2 fully saturated rings. The second-order valence-electron chi connectivity index (χ2n) is 5.00. The van der Waals surface area contributed by atoms with Gasteiger partial charge in [0.15, 0.2) is 0 Å². The third-order valence-electron chi connectivity index (χ3n) is 3.59. The number of thioether (sulfide) groups is 1. The molecule has 0 radical (unpaired) electrons. The van der Waals surface area contributed by atoms with Gasteiger partial charge in [-0.25, -0.2) is 0 Å². The van der Waals surface area contributed by atoms with E-state index < -0.39 is 0 Å². The Bertz CT molecular complexity index is 177. The van der Waals surface area contributed by atoms with Crippen molar-refractivity contribution in [2.24, 2.45) is 0 Å². The van der Waals surface area contributed by atoms with Crippen molar-refractivity contribution in [3.8, 4) is 0 Å². The third kappa shape index (κ3) is 4.64. The summed E-state index contributed by atoms with van der Waals surface area (Å²) in [4.78, 5) is 0. The predicted octanol–water partition coefficient (Wildman–Crippen LogP) is 2.82. The molecule has 16 heavy (non-hydrogen) atoms. The average Bonchev–Trinajstić information content (AvgIpc) is 2.83. The Morgan fingerprint density at radius 2 is 2.00 bits per heavy atom. The van der Waals surface area contributed by atoms with Crippen LogP contribution in [0.25, 0.3) is 0 Å². The molecule has 2 aliphatic rings. The summed E-state index contributed by atoms with van der Waals surface area (Å²) in [5, 5.41) is 3.62. The van der Waals surface area contributed by atoms with Gasteiger partial charge >= 0.3 is 0 Å². The Hall–Kier alpha value is 0.270. The highest BCUT2D eigenvalue weighted by Gasteiger charge is 2.15. The van der Waals surface area contributed by atoms with Crippen LogP contribution in [0.2, 0.25) is 0 Å². The second-order valence-corrected chi connectivity index (χ2v) is 6.15. The summed E-state index contributed by atoms with van der Waals surface area (Å²) in [6, 6.07) is 0.777. The van der Waals surface area contributed by atoms with Crippen molar-refractivity contribution in [1.82, 2.24) is 5.32 Å². The van der Waals surface area contributed by atoms with Crippen molar-refractivity contribution < 1.29 is 4.74 Å². The molecule has 0 aromatic heterocycles. The van der Waals surface area contributed by atoms with Crippen LogP contribution in [0.5, 0.6) is 0 Å². The topological polar surface area (TPSA) is 21.3 Å². The molecular formula is C13H25NOS. The van der Waals surface area contributed by atoms with E-state index in [1.807, 2.05) is 0 Å². The summed E-state index contributed by atoms with van der Waals surface area (Å²) in [5.41, 5.74) is 0. The Morgan fingerprint density at radius 1 is 1.12 bits per heavy atom. The Labute approximate surface area is 104 Å². The van der Waals surface area contributed by atoms with Crippen LogP contribution in [0.4, 0.5) is 0 Å². The van der Waals surface area contributed by atoms with Gasteiger partial charge in [0.05, 0.1) is 6.10 Å². The number of ether oxygens (including phenoxy) is 1. The van der Waals surface area contributed by atoms with E-state index in [1.165, 1.54) is 56.5 Å². The normalized spacial score (nSPS) is 27.4. The first kappa shape index (κ1) is 12.7. The lowest BCUT2D eigenvalue weighted by Gasteiger charge is -2.22. The number of rotatable bonds is 6.